The van der Waals surface area contributed by atoms with Crippen molar-refractivity contribution in [3.05, 3.63) is 125 Å². The maximum Gasteiger partial charge on any atom is 0.137 e. The normalized spacial score (nSPS) is 12.1. The molecular formula is C34H24N2O6S-2. The second-order valence-electron chi connectivity index (χ2n) is 10.2. The molecule has 0 amide bonds. The zero-order chi connectivity index (χ0) is 30.3. The van der Waals surface area contributed by atoms with Gasteiger partial charge in [0.2, 0.25) is 0 Å². The van der Waals surface area contributed by atoms with Crippen LogP contribution in [0.2, 0.25) is 0 Å². The van der Waals surface area contributed by atoms with E-state index >= 15 is 0 Å². The van der Waals surface area contributed by atoms with Crippen molar-refractivity contribution in [2.45, 2.75) is 18.7 Å². The summed E-state index contributed by atoms with van der Waals surface area (Å²) in [5.41, 5.74) is 6.08. The van der Waals surface area contributed by atoms with Crippen LogP contribution in [0, 0.1) is 13.8 Å². The van der Waals surface area contributed by atoms with Crippen molar-refractivity contribution in [1.82, 2.24) is 0 Å². The summed E-state index contributed by atoms with van der Waals surface area (Å²) in [5.74, 6) is -0.788. The topological polar surface area (TPSA) is 135 Å². The summed E-state index contributed by atoms with van der Waals surface area (Å²) in [6.07, 6.45) is 0. The van der Waals surface area contributed by atoms with Crippen LogP contribution < -0.4 is 15.8 Å². The molecule has 0 spiro atoms. The van der Waals surface area contributed by atoms with Gasteiger partial charge in [-0.1, -0.05) is 36.4 Å². The molecule has 4 aromatic rings. The Kier molecular flexibility index (Phi) is 7.05. The van der Waals surface area contributed by atoms with E-state index in [1.807, 2.05) is 61.5 Å². The monoisotopic (exact) mass is 588 g/mol. The summed E-state index contributed by atoms with van der Waals surface area (Å²) in [4.78, 5) is 16.5. The number of hydrogen-bond donors (Lipinski definition) is 1. The summed E-state index contributed by atoms with van der Waals surface area (Å²) in [6, 6.07) is 29.6. The van der Waals surface area contributed by atoms with Gasteiger partial charge in [0.1, 0.15) is 21.5 Å². The molecule has 1 N–H and O–H groups in total. The highest BCUT2D eigenvalue weighted by Gasteiger charge is 2.20. The summed E-state index contributed by atoms with van der Waals surface area (Å²) >= 11 is 0. The Morgan fingerprint density at radius 3 is 2.40 bits per heavy atom. The minimum absolute atomic E-state index is 0.0519. The number of carbonyl (C=O) groups excluding carboxylic acids is 1. The second kappa shape index (κ2) is 10.9. The van der Waals surface area contributed by atoms with Crippen molar-refractivity contribution in [3.8, 4) is 22.5 Å². The first kappa shape index (κ1) is 27.9. The Morgan fingerprint density at radius 2 is 1.65 bits per heavy atom. The summed E-state index contributed by atoms with van der Waals surface area (Å²) in [5, 5.41) is 16.7. The maximum atomic E-state index is 12.1. The van der Waals surface area contributed by atoms with Crippen LogP contribution in [0.1, 0.15) is 21.5 Å². The van der Waals surface area contributed by atoms with E-state index in [1.54, 1.807) is 31.2 Å². The molecule has 1 aliphatic heterocycles. The highest BCUT2D eigenvalue weighted by molar-refractivity contribution is 7.85. The van der Waals surface area contributed by atoms with Gasteiger partial charge in [0, 0.05) is 45.6 Å². The molecular weight excluding hydrogens is 564 g/mol. The van der Waals surface area contributed by atoms with Crippen molar-refractivity contribution in [3.63, 3.8) is 0 Å². The molecule has 0 atom stereocenters. The average Bonchev–Trinajstić information content (AvgIpc) is 2.96. The van der Waals surface area contributed by atoms with Crippen LogP contribution in [0.5, 0.6) is 0 Å². The number of aryl methyl sites for hydroxylation is 2. The zero-order valence-electron chi connectivity index (χ0n) is 23.1. The summed E-state index contributed by atoms with van der Waals surface area (Å²) < 4.78 is 40.7. The molecule has 1 aliphatic carbocycles. The van der Waals surface area contributed by atoms with Gasteiger partial charge in [0.05, 0.1) is 21.9 Å². The fourth-order valence-corrected chi connectivity index (χ4v) is 5.69. The lowest BCUT2D eigenvalue weighted by atomic mass is 9.90. The number of carboxylic acid groups (broad SMARTS) is 1. The molecule has 9 heteroatoms. The van der Waals surface area contributed by atoms with E-state index in [9.17, 15) is 22.9 Å². The SMILES string of the molecule is Cc1cccc(N=c2ccc3c(-c4ccccc4C(=O)[O-])c4ccc(Nc5ccc(S(=O)(=O)[O-])cc5C)cc4oc-3c2)c1. The summed E-state index contributed by atoms with van der Waals surface area (Å²) in [7, 11) is -4.58. The fraction of sp³-hybridized carbons (Fsp3) is 0.0588. The van der Waals surface area contributed by atoms with Crippen LogP contribution in [0.4, 0.5) is 17.1 Å². The molecule has 0 radical (unpaired) electrons. The van der Waals surface area contributed by atoms with E-state index in [-0.39, 0.29) is 10.5 Å². The lowest BCUT2D eigenvalue weighted by Crippen LogP contribution is -2.23. The van der Waals surface area contributed by atoms with Gasteiger partial charge >= 0.3 is 0 Å². The molecule has 6 rings (SSSR count). The minimum atomic E-state index is -4.58. The first-order chi connectivity index (χ1) is 20.6. The number of nitrogens with zero attached hydrogens (tertiary/aromatic N) is 1. The first-order valence-corrected chi connectivity index (χ1v) is 14.7. The Labute approximate surface area is 247 Å². The smallest absolute Gasteiger partial charge is 0.137 e. The number of aromatic carboxylic acids is 1. The van der Waals surface area contributed by atoms with Crippen molar-refractivity contribution in [2.75, 3.05) is 5.32 Å². The molecule has 0 bridgehead atoms. The van der Waals surface area contributed by atoms with Crippen LogP contribution in [0.15, 0.2) is 117 Å². The van der Waals surface area contributed by atoms with Crippen LogP contribution in [0.3, 0.4) is 0 Å². The van der Waals surface area contributed by atoms with E-state index in [1.165, 1.54) is 24.3 Å². The number of carboxylic acids is 1. The first-order valence-electron chi connectivity index (χ1n) is 13.3. The zero-order valence-corrected chi connectivity index (χ0v) is 23.9. The van der Waals surface area contributed by atoms with Gasteiger partial charge in [-0.25, -0.2) is 13.4 Å². The molecule has 0 saturated carbocycles. The molecule has 1 heterocycles. The van der Waals surface area contributed by atoms with Crippen molar-refractivity contribution < 1.29 is 27.3 Å². The molecule has 0 unspecified atom stereocenters. The van der Waals surface area contributed by atoms with E-state index in [4.69, 9.17) is 9.41 Å². The Balaban J connectivity index is 1.55. The third kappa shape index (κ3) is 5.63. The average molecular weight is 589 g/mol. The van der Waals surface area contributed by atoms with Gasteiger partial charge in [-0.3, -0.25) is 0 Å². The van der Waals surface area contributed by atoms with E-state index in [0.717, 1.165) is 11.3 Å². The van der Waals surface area contributed by atoms with Crippen molar-refractivity contribution >= 4 is 44.1 Å². The van der Waals surface area contributed by atoms with Gasteiger partial charge < -0.3 is 24.2 Å². The highest BCUT2D eigenvalue weighted by atomic mass is 32.2. The van der Waals surface area contributed by atoms with Gasteiger partial charge in [-0.05, 0) is 85.1 Å². The summed E-state index contributed by atoms with van der Waals surface area (Å²) in [6.45, 7) is 3.69. The van der Waals surface area contributed by atoms with Crippen LogP contribution in [-0.4, -0.2) is 18.9 Å². The third-order valence-electron chi connectivity index (χ3n) is 7.15. The Bertz CT molecular complexity index is 2200. The van der Waals surface area contributed by atoms with Crippen LogP contribution in [-0.2, 0) is 10.1 Å². The molecule has 0 saturated heterocycles. The molecule has 0 fully saturated rings. The molecule has 2 aliphatic rings. The van der Waals surface area contributed by atoms with Crippen molar-refractivity contribution in [2.24, 2.45) is 4.99 Å². The fourth-order valence-electron chi connectivity index (χ4n) is 5.13. The lowest BCUT2D eigenvalue weighted by molar-refractivity contribution is -0.254. The van der Waals surface area contributed by atoms with Crippen LogP contribution >= 0.6 is 0 Å². The van der Waals surface area contributed by atoms with Gasteiger partial charge in [0.25, 0.3) is 0 Å². The lowest BCUT2D eigenvalue weighted by Gasteiger charge is -2.19. The number of anilines is 2. The largest absolute Gasteiger partial charge is 0.744 e. The predicted octanol–water partition coefficient (Wildman–Crippen LogP) is 6.07. The quantitative estimate of drug-likeness (QED) is 0.184. The predicted molar refractivity (Wildman–Crippen MR) is 161 cm³/mol. The number of benzene rings is 5. The molecule has 8 nitrogen and oxygen atoms in total. The third-order valence-corrected chi connectivity index (χ3v) is 7.98. The second-order valence-corrected chi connectivity index (χ2v) is 11.6. The number of nitrogens with one attached hydrogen (secondary N) is 1. The minimum Gasteiger partial charge on any atom is -0.744 e. The van der Waals surface area contributed by atoms with E-state index in [2.05, 4.69) is 5.32 Å². The van der Waals surface area contributed by atoms with Gasteiger partial charge in [0.15, 0.2) is 0 Å². The number of rotatable bonds is 6. The number of fused-ring (bicyclic) bond motifs is 2. The number of hydrogen-bond acceptors (Lipinski definition) is 8. The highest BCUT2D eigenvalue weighted by Crippen LogP contribution is 2.42. The molecule has 0 aromatic heterocycles. The Morgan fingerprint density at radius 1 is 0.837 bits per heavy atom. The van der Waals surface area contributed by atoms with Crippen molar-refractivity contribution in [1.29, 1.82) is 0 Å². The van der Waals surface area contributed by atoms with E-state index in [0.29, 0.717) is 55.7 Å². The molecule has 43 heavy (non-hydrogen) atoms. The van der Waals surface area contributed by atoms with E-state index < -0.39 is 16.1 Å². The maximum absolute atomic E-state index is 12.1. The van der Waals surface area contributed by atoms with Gasteiger partial charge in [-0.15, -0.1) is 0 Å². The molecule has 4 aromatic carbocycles. The van der Waals surface area contributed by atoms with Crippen LogP contribution in [0.25, 0.3) is 33.4 Å². The Hall–Kier alpha value is -5.25. The standard InChI is InChI=1S/C34H26N2O6S/c1-20-6-5-7-22(16-20)35-23-10-13-28-31(18-23)42-32-19-24(36-30-15-12-25(17-21(30)2)43(39,40)41)11-14-29(32)33(28)26-8-3-4-9-27(26)34(37)38/h3-19,36H,1-2H3,(H,37,38)(H,39,40,41)/p-2. The number of carbonyl (C=O) groups is 1. The molecule has 214 valence electrons. The van der Waals surface area contributed by atoms with Gasteiger partial charge in [-0.2, -0.15) is 0 Å².